The Kier molecular flexibility index (Phi) is 9.60. The van der Waals surface area contributed by atoms with Crippen molar-refractivity contribution in [1.82, 2.24) is 9.21 Å². The van der Waals surface area contributed by atoms with Crippen LogP contribution in [0.4, 0.5) is 0 Å². The van der Waals surface area contributed by atoms with E-state index in [1.165, 1.54) is 37.6 Å². The summed E-state index contributed by atoms with van der Waals surface area (Å²) in [4.78, 5) is 14.9. The van der Waals surface area contributed by atoms with Crippen LogP contribution in [0.15, 0.2) is 65.6 Å². The number of hydrogen-bond donors (Lipinski definition) is 0. The van der Waals surface area contributed by atoms with Gasteiger partial charge in [-0.15, -0.1) is 0 Å². The van der Waals surface area contributed by atoms with Crippen molar-refractivity contribution >= 4 is 15.9 Å². The van der Waals surface area contributed by atoms with Crippen LogP contribution in [0.5, 0.6) is 23.0 Å². The zero-order valence-electron chi connectivity index (χ0n) is 22.6. The Balaban J connectivity index is 1.92. The lowest BCUT2D eigenvalue weighted by Gasteiger charge is -2.26. The second kappa shape index (κ2) is 12.7. The molecular formula is C28H34N2O7S. The lowest BCUT2D eigenvalue weighted by Crippen LogP contribution is -2.41. The molecule has 0 bridgehead atoms. The quantitative estimate of drug-likeness (QED) is 0.343. The van der Waals surface area contributed by atoms with Crippen molar-refractivity contribution in [2.45, 2.75) is 24.9 Å². The van der Waals surface area contributed by atoms with Crippen molar-refractivity contribution in [2.24, 2.45) is 0 Å². The van der Waals surface area contributed by atoms with Gasteiger partial charge in [0, 0.05) is 20.1 Å². The molecule has 0 heterocycles. The van der Waals surface area contributed by atoms with Gasteiger partial charge < -0.3 is 23.8 Å². The normalized spacial score (nSPS) is 11.2. The summed E-state index contributed by atoms with van der Waals surface area (Å²) >= 11 is 0. The second-order valence-electron chi connectivity index (χ2n) is 8.70. The fourth-order valence-electron chi connectivity index (χ4n) is 4.00. The molecule has 204 valence electrons. The number of amides is 1. The van der Waals surface area contributed by atoms with Crippen LogP contribution in [0.25, 0.3) is 0 Å². The van der Waals surface area contributed by atoms with Crippen molar-refractivity contribution < 1.29 is 32.2 Å². The predicted octanol–water partition coefficient (Wildman–Crippen LogP) is 3.88. The SMILES string of the molecule is COc1ccc(C)cc1S(=O)(=O)N(CC(=O)N(C)Cc1cc(OC)c(OC)c(OC)c1)Cc1ccccc1. The molecule has 0 aliphatic rings. The molecule has 0 spiro atoms. The number of methoxy groups -OCH3 is 4. The van der Waals surface area contributed by atoms with Gasteiger partial charge in [-0.1, -0.05) is 36.4 Å². The molecule has 0 fully saturated rings. The molecule has 0 aliphatic heterocycles. The molecule has 1 amide bonds. The maximum absolute atomic E-state index is 13.9. The van der Waals surface area contributed by atoms with E-state index < -0.39 is 10.0 Å². The van der Waals surface area contributed by atoms with E-state index in [-0.39, 0.29) is 36.2 Å². The number of carbonyl (C=O) groups excluding carboxylic acids is 1. The van der Waals surface area contributed by atoms with Gasteiger partial charge in [0.1, 0.15) is 10.6 Å². The summed E-state index contributed by atoms with van der Waals surface area (Å²) in [6.07, 6.45) is 0. The van der Waals surface area contributed by atoms with E-state index in [1.54, 1.807) is 44.3 Å². The minimum Gasteiger partial charge on any atom is -0.495 e. The standard InChI is InChI=1S/C28H34N2O7S/c1-20-12-13-23(34-3)26(14-20)38(32,33)30(18-21-10-8-7-9-11-21)19-27(31)29(2)17-22-15-24(35-4)28(37-6)25(16-22)36-5/h7-16H,17-19H2,1-6H3. The van der Waals surface area contributed by atoms with Crippen LogP contribution in [-0.2, 0) is 27.9 Å². The zero-order chi connectivity index (χ0) is 27.9. The van der Waals surface area contributed by atoms with E-state index in [2.05, 4.69) is 0 Å². The molecule has 3 aromatic carbocycles. The van der Waals surface area contributed by atoms with E-state index >= 15 is 0 Å². The van der Waals surface area contributed by atoms with Gasteiger partial charge in [0.2, 0.25) is 21.7 Å². The molecule has 0 radical (unpaired) electrons. The summed E-state index contributed by atoms with van der Waals surface area (Å²) in [6.45, 7) is 1.65. The Morgan fingerprint density at radius 2 is 1.37 bits per heavy atom. The highest BCUT2D eigenvalue weighted by Gasteiger charge is 2.31. The van der Waals surface area contributed by atoms with E-state index in [0.717, 1.165) is 16.7 Å². The average molecular weight is 543 g/mol. The van der Waals surface area contributed by atoms with Gasteiger partial charge in [-0.25, -0.2) is 8.42 Å². The van der Waals surface area contributed by atoms with Crippen molar-refractivity contribution in [3.8, 4) is 23.0 Å². The summed E-state index contributed by atoms with van der Waals surface area (Å²) in [5.74, 6) is 1.20. The number of sulfonamides is 1. The molecule has 0 aliphatic carbocycles. The smallest absolute Gasteiger partial charge is 0.247 e. The zero-order valence-corrected chi connectivity index (χ0v) is 23.4. The highest BCUT2D eigenvalue weighted by atomic mass is 32.2. The molecule has 0 unspecified atom stereocenters. The van der Waals surface area contributed by atoms with E-state index in [4.69, 9.17) is 18.9 Å². The number of carbonyl (C=O) groups is 1. The molecule has 3 rings (SSSR count). The van der Waals surface area contributed by atoms with Crippen molar-refractivity contribution in [3.05, 3.63) is 77.4 Å². The van der Waals surface area contributed by atoms with Crippen LogP contribution >= 0.6 is 0 Å². The number of benzene rings is 3. The van der Waals surface area contributed by atoms with Gasteiger partial charge in [0.05, 0.1) is 35.0 Å². The first kappa shape index (κ1) is 28.8. The molecular weight excluding hydrogens is 508 g/mol. The molecule has 0 saturated heterocycles. The molecule has 9 nitrogen and oxygen atoms in total. The Bertz CT molecular complexity index is 1340. The summed E-state index contributed by atoms with van der Waals surface area (Å²) in [5.41, 5.74) is 2.24. The van der Waals surface area contributed by atoms with Gasteiger partial charge in [-0.05, 0) is 47.9 Å². The summed E-state index contributed by atoms with van der Waals surface area (Å²) in [7, 11) is 3.49. The molecule has 0 aromatic heterocycles. The monoisotopic (exact) mass is 542 g/mol. The van der Waals surface area contributed by atoms with Crippen LogP contribution < -0.4 is 18.9 Å². The third kappa shape index (κ3) is 6.56. The maximum atomic E-state index is 13.9. The van der Waals surface area contributed by atoms with Gasteiger partial charge in [0.25, 0.3) is 0 Å². The van der Waals surface area contributed by atoms with Crippen LogP contribution in [0.2, 0.25) is 0 Å². The van der Waals surface area contributed by atoms with Crippen molar-refractivity contribution in [2.75, 3.05) is 42.0 Å². The number of nitrogens with zero attached hydrogens (tertiary/aromatic N) is 2. The molecule has 10 heteroatoms. The van der Waals surface area contributed by atoms with Crippen molar-refractivity contribution in [1.29, 1.82) is 0 Å². The topological polar surface area (TPSA) is 94.6 Å². The van der Waals surface area contributed by atoms with Gasteiger partial charge >= 0.3 is 0 Å². The molecule has 38 heavy (non-hydrogen) atoms. The fourth-order valence-corrected chi connectivity index (χ4v) is 5.62. The summed E-state index contributed by atoms with van der Waals surface area (Å²) in [6, 6.07) is 17.6. The first-order valence-corrected chi connectivity index (χ1v) is 13.3. The predicted molar refractivity (Wildman–Crippen MR) is 144 cm³/mol. The Hall–Kier alpha value is -3.76. The summed E-state index contributed by atoms with van der Waals surface area (Å²) < 4.78 is 50.4. The van der Waals surface area contributed by atoms with Gasteiger partial charge in [-0.3, -0.25) is 4.79 Å². The minimum atomic E-state index is -4.09. The lowest BCUT2D eigenvalue weighted by molar-refractivity contribution is -0.130. The van der Waals surface area contributed by atoms with E-state index in [9.17, 15) is 13.2 Å². The van der Waals surface area contributed by atoms with E-state index in [0.29, 0.717) is 17.2 Å². The van der Waals surface area contributed by atoms with Crippen molar-refractivity contribution in [3.63, 3.8) is 0 Å². The van der Waals surface area contributed by atoms with Crippen LogP contribution in [0, 0.1) is 6.92 Å². The molecule has 0 N–H and O–H groups in total. The number of hydrogen-bond acceptors (Lipinski definition) is 7. The minimum absolute atomic E-state index is 0.0102. The second-order valence-corrected chi connectivity index (χ2v) is 10.6. The Labute approximate surface area is 224 Å². The summed E-state index contributed by atoms with van der Waals surface area (Å²) in [5, 5.41) is 0. The molecule has 3 aromatic rings. The first-order valence-electron chi connectivity index (χ1n) is 11.9. The third-order valence-electron chi connectivity index (χ3n) is 6.02. The van der Waals surface area contributed by atoms with Crippen LogP contribution in [-0.4, -0.2) is 65.6 Å². The molecule has 0 atom stereocenters. The molecule has 0 saturated carbocycles. The highest BCUT2D eigenvalue weighted by molar-refractivity contribution is 7.89. The number of aryl methyl sites for hydroxylation is 1. The van der Waals surface area contributed by atoms with Crippen LogP contribution in [0.3, 0.4) is 0 Å². The number of rotatable bonds is 12. The van der Waals surface area contributed by atoms with Gasteiger partial charge in [-0.2, -0.15) is 4.31 Å². The first-order chi connectivity index (χ1) is 18.1. The van der Waals surface area contributed by atoms with E-state index in [1.807, 2.05) is 30.3 Å². The lowest BCUT2D eigenvalue weighted by atomic mass is 10.1. The maximum Gasteiger partial charge on any atom is 0.247 e. The average Bonchev–Trinajstić information content (AvgIpc) is 2.92. The van der Waals surface area contributed by atoms with Gasteiger partial charge in [0.15, 0.2) is 11.5 Å². The Morgan fingerprint density at radius 3 is 1.92 bits per heavy atom. The Morgan fingerprint density at radius 1 is 0.763 bits per heavy atom. The fraction of sp³-hybridized carbons (Fsp3) is 0.321. The highest BCUT2D eigenvalue weighted by Crippen LogP contribution is 2.38. The van der Waals surface area contributed by atoms with Crippen LogP contribution in [0.1, 0.15) is 16.7 Å². The third-order valence-corrected chi connectivity index (χ3v) is 7.83. The number of likely N-dealkylation sites (N-methyl/N-ethyl adjacent to an activating group) is 1. The number of ether oxygens (including phenoxy) is 4. The largest absolute Gasteiger partial charge is 0.495 e.